The number of amides is 5. The number of hydrogen-bond donors (Lipinski definition) is 6. The Morgan fingerprint density at radius 3 is 1.34 bits per heavy atom. The van der Waals surface area contributed by atoms with Crippen LogP contribution in [0.15, 0.2) is 215 Å². The van der Waals surface area contributed by atoms with Crippen molar-refractivity contribution in [2.75, 3.05) is 131 Å². The molecule has 44 heteroatoms. The highest BCUT2D eigenvalue weighted by Crippen LogP contribution is 2.44. The first-order chi connectivity index (χ1) is 70.2. The van der Waals surface area contributed by atoms with Gasteiger partial charge in [0.15, 0.2) is 15.1 Å². The van der Waals surface area contributed by atoms with Crippen molar-refractivity contribution < 1.29 is 67.1 Å². The van der Waals surface area contributed by atoms with Crippen LogP contribution in [0, 0.1) is 30.6 Å². The van der Waals surface area contributed by atoms with Crippen LogP contribution in [0.1, 0.15) is 195 Å². The Morgan fingerprint density at radius 1 is 0.423 bits per heavy atom. The Bertz CT molecular complexity index is 7200. The maximum atomic E-state index is 13.4. The summed E-state index contributed by atoms with van der Waals surface area (Å²) in [5, 5.41) is 2.57. The highest BCUT2D eigenvalue weighted by Gasteiger charge is 2.45. The lowest BCUT2D eigenvalue weighted by Gasteiger charge is -2.35. The largest absolute Gasteiger partial charge is 0.478 e. The van der Waals surface area contributed by atoms with Gasteiger partial charge in [-0.25, -0.2) is 81.9 Å². The van der Waals surface area contributed by atoms with E-state index < -0.39 is 63.7 Å². The maximum absolute atomic E-state index is 13.4. The molecule has 1 aromatic carbocycles. The Kier molecular flexibility index (Phi) is 33.9. The van der Waals surface area contributed by atoms with Crippen molar-refractivity contribution in [1.29, 1.82) is 0 Å². The average Bonchev–Trinajstić information content (AvgIpc) is 1.66. The van der Waals surface area contributed by atoms with Crippen molar-refractivity contribution in [3.05, 3.63) is 228 Å². The molecule has 7 N–H and O–H groups in total. The number of benzene rings is 1. The number of aromatic nitrogens is 11. The zero-order valence-electron chi connectivity index (χ0n) is 85.8. The van der Waals surface area contributed by atoms with Crippen molar-refractivity contribution >= 4 is 128 Å². The number of fused-ring (bicyclic) bond motifs is 1. The maximum Gasteiger partial charge on any atom is 0.409 e. The van der Waals surface area contributed by atoms with Gasteiger partial charge in [0.2, 0.25) is 5.88 Å². The van der Waals surface area contributed by atoms with Gasteiger partial charge in [0.25, 0.3) is 63.7 Å². The summed E-state index contributed by atoms with van der Waals surface area (Å²) in [5.41, 5.74) is 9.92. The number of likely N-dealkylation sites (tertiary alicyclic amines) is 1. The second kappa shape index (κ2) is 45.7. The first kappa shape index (κ1) is 110. The number of aryl methyl sites for hydroxylation is 1. The van der Waals surface area contributed by atoms with E-state index in [0.29, 0.717) is 160 Å². The fourth-order valence-corrected chi connectivity index (χ4v) is 24.5. The number of sulfonamides is 4. The third kappa shape index (κ3) is 26.0. The van der Waals surface area contributed by atoms with Crippen molar-refractivity contribution in [2.45, 2.75) is 204 Å². The van der Waals surface area contributed by atoms with Crippen molar-refractivity contribution in [2.24, 2.45) is 23.7 Å². The summed E-state index contributed by atoms with van der Waals surface area (Å²) in [6.45, 7) is 39.1. The lowest BCUT2D eigenvalue weighted by atomic mass is 9.97. The number of anilines is 10. The number of piperazine rings is 1. The van der Waals surface area contributed by atoms with Crippen molar-refractivity contribution in [3.8, 4) is 17.3 Å². The van der Waals surface area contributed by atoms with Crippen LogP contribution >= 0.6 is 0 Å². The average molecular weight is 2110 g/mol. The van der Waals surface area contributed by atoms with E-state index in [4.69, 9.17) is 20.2 Å². The summed E-state index contributed by atoms with van der Waals surface area (Å²) in [7, 11) is -16.9. The lowest BCUT2D eigenvalue weighted by Crippen LogP contribution is -2.47. The number of para-hydroxylation sites is 1. The van der Waals surface area contributed by atoms with Crippen LogP contribution in [-0.2, 0) is 51.3 Å². The molecule has 10 aromatic heterocycles. The predicted octanol–water partition coefficient (Wildman–Crippen LogP) is 13.7. The van der Waals surface area contributed by atoms with Crippen molar-refractivity contribution in [3.63, 3.8) is 0 Å². The summed E-state index contributed by atoms with van der Waals surface area (Å²) in [6, 6.07) is 41.6. The molecule has 5 amide bonds. The zero-order valence-corrected chi connectivity index (χ0v) is 89.1. The molecule has 40 nitrogen and oxygen atoms in total. The predicted molar refractivity (Wildman–Crippen MR) is 572 cm³/mol. The van der Waals surface area contributed by atoms with Gasteiger partial charge in [-0.1, -0.05) is 71.5 Å². The van der Waals surface area contributed by atoms with Gasteiger partial charge < -0.3 is 59.7 Å². The summed E-state index contributed by atoms with van der Waals surface area (Å²) in [6.07, 6.45) is 16.9. The van der Waals surface area contributed by atoms with Gasteiger partial charge in [-0.2, -0.15) is 25.3 Å². The van der Waals surface area contributed by atoms with E-state index in [-0.39, 0.29) is 89.8 Å². The van der Waals surface area contributed by atoms with E-state index in [1.165, 1.54) is 42.1 Å². The molecule has 0 radical (unpaired) electrons. The Hall–Kier alpha value is -14.4. The van der Waals surface area contributed by atoms with Gasteiger partial charge in [0.1, 0.15) is 57.3 Å². The Labute approximate surface area is 872 Å². The summed E-state index contributed by atoms with van der Waals surface area (Å²) in [4.78, 5) is 129. The van der Waals surface area contributed by atoms with Crippen LogP contribution in [-0.4, -0.2) is 237 Å². The minimum atomic E-state index is -4.26. The molecule has 7 aliphatic heterocycles. The molecular weight excluding hydrogens is 1980 g/mol. The third-order valence-corrected chi connectivity index (χ3v) is 32.1. The molecule has 7 aliphatic rings. The number of nitrogens with two attached hydrogens (primary N) is 1. The van der Waals surface area contributed by atoms with E-state index in [1.54, 1.807) is 134 Å². The second-order valence-electron chi connectivity index (χ2n) is 40.7. The minimum Gasteiger partial charge on any atom is -0.478 e. The quantitative estimate of drug-likeness (QED) is 0.0309. The molecule has 0 saturated carbocycles. The van der Waals surface area contributed by atoms with E-state index in [9.17, 15) is 57.6 Å². The highest BCUT2D eigenvalue weighted by atomic mass is 32.2. The summed E-state index contributed by atoms with van der Waals surface area (Å²) < 4.78 is 124. The first-order valence-electron chi connectivity index (χ1n) is 49.5. The first-order valence-corrected chi connectivity index (χ1v) is 55.4. The van der Waals surface area contributed by atoms with E-state index in [1.807, 2.05) is 54.0 Å². The van der Waals surface area contributed by atoms with Crippen LogP contribution in [0.3, 0.4) is 0 Å². The van der Waals surface area contributed by atoms with Crippen LogP contribution in [0.4, 0.5) is 62.8 Å². The molecule has 0 bridgehead atoms. The molecule has 3 unspecified atom stereocenters. The Morgan fingerprint density at radius 2 is 0.866 bits per heavy atom. The molecule has 18 rings (SSSR count). The SMILES string of the molecule is C.CC1CN(c2ncccc2C(=O)NS(=O)(=O)c2cccc(N3CCN(c4cnccn4)CC3)n2)C(C)(C)C1.CC1CN(c2ncccc2C(=O)NS(=O)(=O)c2cccc(N3CCc4ccccc43)n2)C(C)(C)C1.CCOC(=O)N1CCC(Nc2cccc(S(=O)(=O)NC(=O)c3cccnc3N3CC(C)CC3(C)C)n2)CC1.CCOc1cc(C)cc(-c2ccc(C(=O)NS(=O)(=O)c3cccnc3N)c(N3C[C@@H](C)CC3(C)C)n2)n1. The number of carbonyl (C=O) groups is 5. The second-order valence-corrected chi connectivity index (χ2v) is 47.3. The molecule has 0 spiro atoms. The van der Waals surface area contributed by atoms with Gasteiger partial charge in [0.05, 0.1) is 53.1 Å². The standard InChI is InChI=1S/C26H32N8O3S.C26H36N6O5S.C26H32N6O4S.C26H29N5O3S.CH4/c1-19-16-26(2,3)34(18-19)24-20(6-5-9-29-24)25(35)31-38(36,37)23-8-4-7-21(30-23)32-12-14-33(15-13-32)22-17-27-10-11-28-22;1-5-37-25(34)31-14-11-19(12-15-31)28-21-9-6-10-22(29-21)38(35,36)30-24(33)20-8-7-13-27-23(20)32-17-18(2)16-26(32,3)4;1-6-36-22-13-16(2)12-20(29-22)19-10-9-18(24(30-19)32-15-17(3)14-26(32,4)5)25(33)31-37(34,35)21-8-7-11-28-23(21)27;1-18-16-26(2,3)31(17-18)24-20(9-7-14-27-24)25(32)29-35(33,34)23-12-6-11-22(28-23)30-15-13-19-8-4-5-10-21(19)30;/h4-11,17,19H,12-16,18H2,1-3H3,(H,31,35);6-10,13,18-19H,5,11-12,14-17H2,1-4H3,(H,28,29)(H,30,33);7-13,17H,6,14-15H2,1-5H3,(H2,27,28)(H,31,33);4-12,14,18H,13,15-17H2,1-3H3,(H,29,32);1H4/t;;17-;;/m..0../s1. The number of nitrogens with zero attached hydrogens (tertiary/aromatic N) is 19. The zero-order chi connectivity index (χ0) is 106. The summed E-state index contributed by atoms with van der Waals surface area (Å²) >= 11 is 0. The molecule has 6 saturated heterocycles. The number of pyridine rings is 9. The summed E-state index contributed by atoms with van der Waals surface area (Å²) in [5.74, 6) is 3.01. The molecule has 17 heterocycles. The van der Waals surface area contributed by atoms with E-state index >= 15 is 0 Å². The fraction of sp³-hybridized carbons (Fsp3) is 0.429. The normalized spacial score (nSPS) is 18.7. The number of carbonyl (C=O) groups excluding carboxylic acids is 5. The topological polar surface area (TPSA) is 494 Å². The van der Waals surface area contributed by atoms with Gasteiger partial charge >= 0.3 is 6.09 Å². The highest BCUT2D eigenvalue weighted by molar-refractivity contribution is 7.91. The monoisotopic (exact) mass is 2110 g/mol. The molecule has 792 valence electrons. The molecular formula is C105H133N25O15S4. The number of rotatable bonds is 25. The Balaban J connectivity index is 0.000000156. The van der Waals surface area contributed by atoms with Gasteiger partial charge in [-0.3, -0.25) is 24.2 Å². The van der Waals surface area contributed by atoms with Gasteiger partial charge in [0, 0.05) is 149 Å². The number of nitrogens with one attached hydrogen (secondary N) is 5. The van der Waals surface area contributed by atoms with Gasteiger partial charge in [-0.05, 0) is 265 Å². The van der Waals surface area contributed by atoms with Crippen molar-refractivity contribution in [1.82, 2.24) is 78.6 Å². The fourth-order valence-electron chi connectivity index (χ4n) is 20.6. The molecule has 6 fully saturated rings. The van der Waals surface area contributed by atoms with Crippen LogP contribution in [0.5, 0.6) is 5.88 Å². The van der Waals surface area contributed by atoms with Crippen LogP contribution < -0.4 is 69.0 Å². The molecule has 149 heavy (non-hydrogen) atoms. The van der Waals surface area contributed by atoms with Crippen LogP contribution in [0.2, 0.25) is 0 Å². The number of hydrogen-bond acceptors (Lipinski definition) is 35. The van der Waals surface area contributed by atoms with Crippen LogP contribution in [0.25, 0.3) is 11.4 Å². The third-order valence-electron chi connectivity index (χ3n) is 27.0. The minimum absolute atomic E-state index is 0. The van der Waals surface area contributed by atoms with Gasteiger partial charge in [-0.15, -0.1) is 0 Å². The number of piperidine rings is 1. The van der Waals surface area contributed by atoms with E-state index in [2.05, 4.69) is 188 Å². The molecule has 0 aliphatic carbocycles. The lowest BCUT2D eigenvalue weighted by molar-refractivity contribution is 0.0972. The molecule has 4 atom stereocenters. The number of nitrogen functional groups attached to an aromatic ring is 1. The van der Waals surface area contributed by atoms with E-state index in [0.717, 1.165) is 68.8 Å². The molecule has 11 aromatic rings. The number of ether oxygens (including phenoxy) is 2. The smallest absolute Gasteiger partial charge is 0.409 e.